The predicted octanol–water partition coefficient (Wildman–Crippen LogP) is 4.56. The third-order valence-corrected chi connectivity index (χ3v) is 11.5. The van der Waals surface area contributed by atoms with Crippen molar-refractivity contribution in [1.82, 2.24) is 10.1 Å². The zero-order valence-corrected chi connectivity index (χ0v) is 20.9. The quantitative estimate of drug-likeness (QED) is 0.598. The van der Waals surface area contributed by atoms with Gasteiger partial charge in [0, 0.05) is 6.42 Å². The number of aliphatic hydroxyl groups excluding tert-OH is 2. The van der Waals surface area contributed by atoms with Crippen LogP contribution in [0.15, 0.2) is 9.32 Å². The van der Waals surface area contributed by atoms with Gasteiger partial charge in [-0.15, -0.1) is 0 Å². The van der Waals surface area contributed by atoms with Gasteiger partial charge in [-0.05, 0) is 104 Å². The highest BCUT2D eigenvalue weighted by Crippen LogP contribution is 2.69. The van der Waals surface area contributed by atoms with Gasteiger partial charge in [0.1, 0.15) is 0 Å². The number of aliphatic hydroxyl groups is 2. The summed E-state index contributed by atoms with van der Waals surface area (Å²) in [7, 11) is 0. The first-order chi connectivity index (χ1) is 15.7. The second kappa shape index (κ2) is 8.51. The zero-order chi connectivity index (χ0) is 23.5. The Morgan fingerprint density at radius 2 is 1.82 bits per heavy atom. The van der Waals surface area contributed by atoms with Crippen LogP contribution in [0.2, 0.25) is 0 Å². The molecule has 4 aliphatic carbocycles. The van der Waals surface area contributed by atoms with Crippen LogP contribution in [0.4, 0.5) is 0 Å². The Hall–Kier alpha value is -1.14. The standard InChI is InChI=1S/C27H44N2O4/c1-5-17-21-14-16(30)10-12-27(21,4)20-11-13-26(3)18(7-8-19(26)23(20)24(17)31)15(2)6-9-22-28-25(32)33-29-22/h15-21,23-24,30-31H,5-14H2,1-4H3,(H,28,29,32)/t15-,16-,17-,18?,19?,20?,21?,23?,24-,26?,27?/m1/s1. The molecule has 0 saturated heterocycles. The molecule has 6 heteroatoms. The van der Waals surface area contributed by atoms with Crippen LogP contribution >= 0.6 is 0 Å². The molecule has 4 saturated carbocycles. The van der Waals surface area contributed by atoms with Gasteiger partial charge >= 0.3 is 5.76 Å². The van der Waals surface area contributed by atoms with Crippen LogP contribution in [-0.2, 0) is 6.42 Å². The summed E-state index contributed by atoms with van der Waals surface area (Å²) in [5.74, 6) is 3.71. The lowest BCUT2D eigenvalue weighted by molar-refractivity contribution is -0.203. The van der Waals surface area contributed by atoms with E-state index in [0.717, 1.165) is 38.5 Å². The lowest BCUT2D eigenvalue weighted by Gasteiger charge is -2.64. The summed E-state index contributed by atoms with van der Waals surface area (Å²) in [6.45, 7) is 9.64. The molecule has 1 aromatic rings. The van der Waals surface area contributed by atoms with E-state index in [2.05, 4.69) is 42.4 Å². The van der Waals surface area contributed by atoms with Gasteiger partial charge in [0.15, 0.2) is 5.82 Å². The molecule has 11 atom stereocenters. The average Bonchev–Trinajstić information content (AvgIpc) is 3.36. The number of hydrogen-bond donors (Lipinski definition) is 3. The Labute approximate surface area is 197 Å². The predicted molar refractivity (Wildman–Crippen MR) is 126 cm³/mol. The van der Waals surface area contributed by atoms with Crippen molar-refractivity contribution in [1.29, 1.82) is 0 Å². The summed E-state index contributed by atoms with van der Waals surface area (Å²) in [5.41, 5.74) is 0.530. The van der Waals surface area contributed by atoms with E-state index >= 15 is 0 Å². The van der Waals surface area contributed by atoms with Gasteiger partial charge in [-0.3, -0.25) is 9.51 Å². The van der Waals surface area contributed by atoms with Crippen LogP contribution in [0.3, 0.4) is 0 Å². The van der Waals surface area contributed by atoms with Gasteiger partial charge in [-0.2, -0.15) is 0 Å². The molecule has 33 heavy (non-hydrogen) atoms. The Morgan fingerprint density at radius 3 is 2.52 bits per heavy atom. The summed E-state index contributed by atoms with van der Waals surface area (Å²) in [6.07, 6.45) is 10.2. The zero-order valence-electron chi connectivity index (χ0n) is 20.9. The number of aryl methyl sites for hydroxylation is 1. The highest BCUT2D eigenvalue weighted by atomic mass is 16.5. The molecule has 0 spiro atoms. The Kier molecular flexibility index (Phi) is 6.09. The molecule has 0 bridgehead atoms. The summed E-state index contributed by atoms with van der Waals surface area (Å²) in [6, 6.07) is 0. The molecule has 0 aliphatic heterocycles. The van der Waals surface area contributed by atoms with Gasteiger partial charge in [-0.1, -0.05) is 39.3 Å². The third-order valence-electron chi connectivity index (χ3n) is 11.5. The molecular weight excluding hydrogens is 416 g/mol. The van der Waals surface area contributed by atoms with Crippen molar-refractivity contribution in [2.45, 2.75) is 104 Å². The summed E-state index contributed by atoms with van der Waals surface area (Å²) < 4.78 is 4.67. The van der Waals surface area contributed by atoms with Crippen LogP contribution < -0.4 is 5.76 Å². The minimum atomic E-state index is -0.470. The average molecular weight is 461 g/mol. The number of nitrogens with zero attached hydrogens (tertiary/aromatic N) is 1. The number of aromatic nitrogens is 2. The molecule has 5 rings (SSSR count). The van der Waals surface area contributed by atoms with E-state index in [4.69, 9.17) is 0 Å². The Bertz CT molecular complexity index is 897. The fourth-order valence-corrected chi connectivity index (χ4v) is 9.87. The number of rotatable bonds is 5. The first-order valence-corrected chi connectivity index (χ1v) is 13.6. The molecule has 1 aromatic heterocycles. The van der Waals surface area contributed by atoms with Crippen LogP contribution in [-0.4, -0.2) is 32.6 Å². The number of H-pyrrole nitrogens is 1. The van der Waals surface area contributed by atoms with Crippen molar-refractivity contribution < 1.29 is 14.7 Å². The lowest BCUT2D eigenvalue weighted by atomic mass is 9.41. The lowest BCUT2D eigenvalue weighted by Crippen LogP contribution is -2.62. The highest BCUT2D eigenvalue weighted by Gasteiger charge is 2.64. The normalized spacial score (nSPS) is 48.1. The smallest absolute Gasteiger partial charge is 0.393 e. The van der Waals surface area contributed by atoms with Crippen LogP contribution in [0.5, 0.6) is 0 Å². The topological polar surface area (TPSA) is 99.4 Å². The van der Waals surface area contributed by atoms with Gasteiger partial charge in [0.25, 0.3) is 0 Å². The fraction of sp³-hybridized carbons (Fsp3) is 0.926. The molecule has 186 valence electrons. The molecule has 4 aliphatic rings. The van der Waals surface area contributed by atoms with Crippen molar-refractivity contribution in [3.8, 4) is 0 Å². The highest BCUT2D eigenvalue weighted by molar-refractivity contribution is 5.13. The number of nitrogens with one attached hydrogen (secondary N) is 1. The minimum Gasteiger partial charge on any atom is -0.393 e. The summed E-state index contributed by atoms with van der Waals surface area (Å²) in [5, 5.41) is 26.1. The van der Waals surface area contributed by atoms with Gasteiger partial charge in [0.05, 0.1) is 12.2 Å². The number of hydrogen-bond acceptors (Lipinski definition) is 5. The van der Waals surface area contributed by atoms with E-state index in [9.17, 15) is 15.0 Å². The molecule has 0 amide bonds. The molecule has 6 nitrogen and oxygen atoms in total. The number of fused-ring (bicyclic) bond motifs is 5. The molecular formula is C27H44N2O4. The summed E-state index contributed by atoms with van der Waals surface area (Å²) in [4.78, 5) is 14.0. The maximum absolute atomic E-state index is 11.8. The van der Waals surface area contributed by atoms with Crippen LogP contribution in [0, 0.1) is 52.3 Å². The van der Waals surface area contributed by atoms with Gasteiger partial charge < -0.3 is 10.2 Å². The van der Waals surface area contributed by atoms with Crippen molar-refractivity contribution in [3.05, 3.63) is 16.4 Å². The van der Waals surface area contributed by atoms with Crippen molar-refractivity contribution in [2.75, 3.05) is 0 Å². The molecule has 0 aromatic carbocycles. The second-order valence-electron chi connectivity index (χ2n) is 12.7. The molecule has 4 fully saturated rings. The maximum atomic E-state index is 11.8. The Morgan fingerprint density at radius 1 is 1.09 bits per heavy atom. The largest absolute Gasteiger partial charge is 0.438 e. The summed E-state index contributed by atoms with van der Waals surface area (Å²) >= 11 is 0. The van der Waals surface area contributed by atoms with Crippen LogP contribution in [0.1, 0.15) is 91.3 Å². The SMILES string of the molecule is CC[C@@H]1C2C[C@H](O)CCC2(C)C2CCC3(C)C(CCC3[C@H](C)CCc3noc(=O)[nH]3)C2[C@@H]1O. The Balaban J connectivity index is 1.37. The monoisotopic (exact) mass is 460 g/mol. The van der Waals surface area contributed by atoms with Gasteiger partial charge in [0.2, 0.25) is 0 Å². The van der Waals surface area contributed by atoms with E-state index in [1.807, 2.05) is 0 Å². The third kappa shape index (κ3) is 3.65. The van der Waals surface area contributed by atoms with E-state index in [-0.39, 0.29) is 23.0 Å². The molecule has 3 N–H and O–H groups in total. The minimum absolute atomic E-state index is 0.189. The van der Waals surface area contributed by atoms with E-state index in [1.165, 1.54) is 25.7 Å². The van der Waals surface area contributed by atoms with Crippen molar-refractivity contribution in [3.63, 3.8) is 0 Å². The first kappa shape index (κ1) is 23.6. The number of aromatic amines is 1. The van der Waals surface area contributed by atoms with Crippen LogP contribution in [0.25, 0.3) is 0 Å². The van der Waals surface area contributed by atoms with Gasteiger partial charge in [-0.25, -0.2) is 4.79 Å². The fourth-order valence-electron chi connectivity index (χ4n) is 9.87. The van der Waals surface area contributed by atoms with E-state index < -0.39 is 5.76 Å². The maximum Gasteiger partial charge on any atom is 0.438 e. The van der Waals surface area contributed by atoms with Crippen molar-refractivity contribution >= 4 is 0 Å². The van der Waals surface area contributed by atoms with E-state index in [0.29, 0.717) is 47.2 Å². The molecule has 0 radical (unpaired) electrons. The molecule has 1 heterocycles. The van der Waals surface area contributed by atoms with Crippen molar-refractivity contribution in [2.24, 2.45) is 52.3 Å². The second-order valence-corrected chi connectivity index (χ2v) is 12.7. The first-order valence-electron chi connectivity index (χ1n) is 13.6. The van der Waals surface area contributed by atoms with E-state index in [1.54, 1.807) is 0 Å². The molecule has 7 unspecified atom stereocenters.